The van der Waals surface area contributed by atoms with Crippen LogP contribution in [0.3, 0.4) is 0 Å². The molecule has 3 aromatic rings. The van der Waals surface area contributed by atoms with Crippen molar-refractivity contribution in [2.45, 2.75) is 44.9 Å². The number of amides is 1. The molecule has 2 heterocycles. The molecule has 4 rings (SSSR count). The van der Waals surface area contributed by atoms with Crippen LogP contribution >= 0.6 is 11.8 Å². The average Bonchev–Trinajstić information content (AvgIpc) is 3.27. The Balaban J connectivity index is 1.55. The van der Waals surface area contributed by atoms with E-state index in [9.17, 15) is 9.59 Å². The Bertz CT molecular complexity index is 1110. The molecule has 156 valence electrons. The Kier molecular flexibility index (Phi) is 5.81. The summed E-state index contributed by atoms with van der Waals surface area (Å²) in [5, 5.41) is 0.780. The predicted octanol–water partition coefficient (Wildman–Crippen LogP) is 4.30. The van der Waals surface area contributed by atoms with Crippen LogP contribution in [0.4, 0.5) is 5.69 Å². The molecular weight excluding hydrogens is 398 g/mol. The van der Waals surface area contributed by atoms with Crippen LogP contribution in [0.5, 0.6) is 0 Å². The van der Waals surface area contributed by atoms with Crippen LogP contribution in [0.1, 0.15) is 36.7 Å². The van der Waals surface area contributed by atoms with Gasteiger partial charge in [-0.05, 0) is 57.0 Å². The molecule has 1 aromatic heterocycles. The van der Waals surface area contributed by atoms with Gasteiger partial charge in [-0.1, -0.05) is 30.0 Å². The number of ether oxygens (including phenoxy) is 1. The number of carbonyl (C=O) groups is 2. The van der Waals surface area contributed by atoms with Gasteiger partial charge in [-0.2, -0.15) is 0 Å². The number of aromatic nitrogens is 2. The third-order valence-corrected chi connectivity index (χ3v) is 6.30. The Hall–Kier alpha value is -2.80. The van der Waals surface area contributed by atoms with E-state index in [0.717, 1.165) is 34.8 Å². The number of esters is 1. The molecule has 1 atom stereocenters. The second-order valence-corrected chi connectivity index (χ2v) is 8.24. The predicted molar refractivity (Wildman–Crippen MR) is 119 cm³/mol. The lowest BCUT2D eigenvalue weighted by atomic mass is 10.1. The molecule has 7 heteroatoms. The molecule has 0 aliphatic carbocycles. The van der Waals surface area contributed by atoms with Crippen LogP contribution in [0.2, 0.25) is 0 Å². The van der Waals surface area contributed by atoms with E-state index in [1.807, 2.05) is 36.1 Å². The van der Waals surface area contributed by atoms with Crippen molar-refractivity contribution < 1.29 is 14.3 Å². The van der Waals surface area contributed by atoms with Gasteiger partial charge in [-0.3, -0.25) is 4.79 Å². The van der Waals surface area contributed by atoms with Gasteiger partial charge in [0.15, 0.2) is 5.16 Å². The lowest BCUT2D eigenvalue weighted by molar-refractivity contribution is -0.116. The molecule has 0 fully saturated rings. The van der Waals surface area contributed by atoms with Crippen molar-refractivity contribution in [3.63, 3.8) is 0 Å². The minimum Gasteiger partial charge on any atom is -0.462 e. The number of benzene rings is 2. The van der Waals surface area contributed by atoms with Gasteiger partial charge in [0.1, 0.15) is 0 Å². The minimum atomic E-state index is -0.350. The Morgan fingerprint density at radius 1 is 1.20 bits per heavy atom. The molecule has 0 spiro atoms. The SMILES string of the molecule is CCOC(=O)c1ccc2c(c1)nc(SCC(=O)N1c3ccccc3CC1C)n2CC. The van der Waals surface area contributed by atoms with Gasteiger partial charge in [-0.25, -0.2) is 9.78 Å². The number of rotatable bonds is 6. The maximum absolute atomic E-state index is 13.0. The van der Waals surface area contributed by atoms with Crippen molar-refractivity contribution in [2.75, 3.05) is 17.3 Å². The highest BCUT2D eigenvalue weighted by molar-refractivity contribution is 7.99. The van der Waals surface area contributed by atoms with E-state index in [2.05, 4.69) is 17.6 Å². The topological polar surface area (TPSA) is 64.4 Å². The first-order valence-electron chi connectivity index (χ1n) is 10.2. The third kappa shape index (κ3) is 3.69. The summed E-state index contributed by atoms with van der Waals surface area (Å²) in [6.45, 7) is 6.98. The van der Waals surface area contributed by atoms with Crippen LogP contribution < -0.4 is 4.90 Å². The van der Waals surface area contributed by atoms with Gasteiger partial charge in [0.25, 0.3) is 0 Å². The van der Waals surface area contributed by atoms with Crippen LogP contribution in [-0.4, -0.2) is 39.8 Å². The zero-order valence-corrected chi connectivity index (χ0v) is 18.2. The van der Waals surface area contributed by atoms with Crippen LogP contribution in [0.25, 0.3) is 11.0 Å². The van der Waals surface area contributed by atoms with Crippen molar-refractivity contribution in [3.8, 4) is 0 Å². The van der Waals surface area contributed by atoms with Crippen molar-refractivity contribution >= 4 is 40.4 Å². The summed E-state index contributed by atoms with van der Waals surface area (Å²) < 4.78 is 7.16. The molecule has 0 radical (unpaired) electrons. The molecule has 6 nitrogen and oxygen atoms in total. The number of hydrogen-bond donors (Lipinski definition) is 0. The van der Waals surface area contributed by atoms with E-state index in [1.54, 1.807) is 19.1 Å². The van der Waals surface area contributed by atoms with Gasteiger partial charge < -0.3 is 14.2 Å². The van der Waals surface area contributed by atoms with Crippen molar-refractivity contribution in [2.24, 2.45) is 0 Å². The van der Waals surface area contributed by atoms with E-state index in [1.165, 1.54) is 17.3 Å². The lowest BCUT2D eigenvalue weighted by Crippen LogP contribution is -2.37. The van der Waals surface area contributed by atoms with E-state index >= 15 is 0 Å². The summed E-state index contributed by atoms with van der Waals surface area (Å²) in [5.41, 5.74) is 4.40. The molecule has 0 N–H and O–H groups in total. The number of hydrogen-bond acceptors (Lipinski definition) is 5. The van der Waals surface area contributed by atoms with Crippen LogP contribution in [0, 0.1) is 0 Å². The summed E-state index contributed by atoms with van der Waals surface area (Å²) >= 11 is 1.44. The molecule has 1 aliphatic rings. The second-order valence-electron chi connectivity index (χ2n) is 7.30. The van der Waals surface area contributed by atoms with E-state index in [0.29, 0.717) is 17.9 Å². The largest absolute Gasteiger partial charge is 0.462 e. The summed E-state index contributed by atoms with van der Waals surface area (Å²) in [7, 11) is 0. The first kappa shape index (κ1) is 20.5. The summed E-state index contributed by atoms with van der Waals surface area (Å²) in [6, 6.07) is 13.7. The first-order chi connectivity index (χ1) is 14.5. The zero-order valence-electron chi connectivity index (χ0n) is 17.4. The molecule has 0 saturated heterocycles. The number of fused-ring (bicyclic) bond motifs is 2. The summed E-state index contributed by atoms with van der Waals surface area (Å²) in [6.07, 6.45) is 0.886. The molecule has 0 bridgehead atoms. The summed E-state index contributed by atoms with van der Waals surface area (Å²) in [5.74, 6) is 0.0445. The van der Waals surface area contributed by atoms with Gasteiger partial charge in [0.2, 0.25) is 5.91 Å². The Labute approximate surface area is 180 Å². The van der Waals surface area contributed by atoms with Gasteiger partial charge in [0.05, 0.1) is 29.0 Å². The smallest absolute Gasteiger partial charge is 0.338 e. The second kappa shape index (κ2) is 8.52. The van der Waals surface area contributed by atoms with Crippen LogP contribution in [-0.2, 0) is 22.5 Å². The van der Waals surface area contributed by atoms with Crippen molar-refractivity contribution in [1.29, 1.82) is 0 Å². The molecule has 1 amide bonds. The quantitative estimate of drug-likeness (QED) is 0.437. The van der Waals surface area contributed by atoms with E-state index < -0.39 is 0 Å². The highest BCUT2D eigenvalue weighted by atomic mass is 32.2. The minimum absolute atomic E-state index is 0.0828. The molecular formula is C23H25N3O3S. The van der Waals surface area contributed by atoms with E-state index in [-0.39, 0.29) is 17.9 Å². The van der Waals surface area contributed by atoms with Crippen molar-refractivity contribution in [1.82, 2.24) is 9.55 Å². The monoisotopic (exact) mass is 423 g/mol. The standard InChI is InChI=1S/C23H25N3O3S/c1-4-25-20-11-10-17(22(28)29-5-2)13-18(20)24-23(25)30-14-21(27)26-15(3)12-16-8-6-7-9-19(16)26/h6-11,13,15H,4-5,12,14H2,1-3H3. The lowest BCUT2D eigenvalue weighted by Gasteiger charge is -2.22. The number of nitrogens with zero attached hydrogens (tertiary/aromatic N) is 3. The highest BCUT2D eigenvalue weighted by Crippen LogP contribution is 2.33. The van der Waals surface area contributed by atoms with Crippen LogP contribution in [0.15, 0.2) is 47.6 Å². The number of imidazole rings is 1. The fourth-order valence-corrected chi connectivity index (χ4v) is 4.94. The molecule has 2 aromatic carbocycles. The zero-order chi connectivity index (χ0) is 21.3. The maximum atomic E-state index is 13.0. The van der Waals surface area contributed by atoms with Gasteiger partial charge in [0, 0.05) is 18.3 Å². The molecule has 1 unspecified atom stereocenters. The third-order valence-electron chi connectivity index (χ3n) is 5.34. The first-order valence-corrected chi connectivity index (χ1v) is 11.2. The van der Waals surface area contributed by atoms with Gasteiger partial charge in [-0.15, -0.1) is 0 Å². The fourth-order valence-electron chi connectivity index (χ4n) is 4.01. The summed E-state index contributed by atoms with van der Waals surface area (Å²) in [4.78, 5) is 31.7. The fraction of sp³-hybridized carbons (Fsp3) is 0.348. The number of thioether (sulfide) groups is 1. The Morgan fingerprint density at radius 2 is 2.00 bits per heavy atom. The number of anilines is 1. The molecule has 30 heavy (non-hydrogen) atoms. The van der Waals surface area contributed by atoms with E-state index in [4.69, 9.17) is 9.72 Å². The number of aryl methyl sites for hydroxylation is 1. The number of carbonyl (C=O) groups excluding carboxylic acids is 2. The average molecular weight is 424 g/mol. The Morgan fingerprint density at radius 3 is 2.77 bits per heavy atom. The van der Waals surface area contributed by atoms with Gasteiger partial charge >= 0.3 is 5.97 Å². The maximum Gasteiger partial charge on any atom is 0.338 e. The van der Waals surface area contributed by atoms with Crippen molar-refractivity contribution in [3.05, 3.63) is 53.6 Å². The molecule has 0 saturated carbocycles. The molecule has 1 aliphatic heterocycles. The highest BCUT2D eigenvalue weighted by Gasteiger charge is 2.30. The normalized spacial score (nSPS) is 15.4. The number of para-hydroxylation sites is 1.